The highest BCUT2D eigenvalue weighted by Crippen LogP contribution is 2.22. The van der Waals surface area contributed by atoms with Crippen LogP contribution >= 0.6 is 0 Å². The molecule has 0 aliphatic heterocycles. The van der Waals surface area contributed by atoms with Crippen molar-refractivity contribution in [2.45, 2.75) is 26.2 Å². The molecule has 0 saturated carbocycles. The smallest absolute Gasteiger partial charge is 0.190 e. The monoisotopic (exact) mass is 177 g/mol. The number of aromatic nitrogens is 3. The molecule has 0 N–H and O–H groups in total. The Hall–Kier alpha value is -1.45. The van der Waals surface area contributed by atoms with E-state index in [-0.39, 0.29) is 5.41 Å². The van der Waals surface area contributed by atoms with E-state index in [0.29, 0.717) is 11.1 Å². The lowest BCUT2D eigenvalue weighted by atomic mass is 9.92. The molecule has 2 rings (SSSR count). The van der Waals surface area contributed by atoms with Crippen molar-refractivity contribution in [1.82, 2.24) is 15.4 Å². The minimum atomic E-state index is 0.0287. The fourth-order valence-corrected chi connectivity index (χ4v) is 1.10. The highest BCUT2D eigenvalue weighted by Gasteiger charge is 2.16. The van der Waals surface area contributed by atoms with Crippen LogP contribution in [0, 0.1) is 0 Å². The Labute approximate surface area is 75.9 Å². The number of hydrogen-bond acceptors (Lipinski definition) is 4. The van der Waals surface area contributed by atoms with Crippen LogP contribution in [0.3, 0.4) is 0 Å². The fraction of sp³-hybridized carbons (Fsp3) is 0.444. The zero-order valence-electron chi connectivity index (χ0n) is 7.90. The van der Waals surface area contributed by atoms with Crippen LogP contribution < -0.4 is 0 Å². The Balaban J connectivity index is 2.61. The first kappa shape index (κ1) is 8.16. The molecule has 0 bridgehead atoms. The molecular formula is C9H11N3O. The van der Waals surface area contributed by atoms with Crippen LogP contribution in [0.2, 0.25) is 0 Å². The van der Waals surface area contributed by atoms with Gasteiger partial charge in [-0.3, -0.25) is 4.98 Å². The van der Waals surface area contributed by atoms with Crippen LogP contribution in [0.4, 0.5) is 0 Å². The van der Waals surface area contributed by atoms with Gasteiger partial charge in [-0.05, 0) is 0 Å². The highest BCUT2D eigenvalue weighted by atomic mass is 16.5. The topological polar surface area (TPSA) is 51.8 Å². The van der Waals surface area contributed by atoms with Crippen molar-refractivity contribution in [3.63, 3.8) is 0 Å². The third kappa shape index (κ3) is 1.39. The second-order valence-corrected chi connectivity index (χ2v) is 4.06. The summed E-state index contributed by atoms with van der Waals surface area (Å²) in [5, 5.41) is 7.22. The van der Waals surface area contributed by atoms with Gasteiger partial charge in [-0.2, -0.15) is 0 Å². The van der Waals surface area contributed by atoms with E-state index in [1.807, 2.05) is 6.07 Å². The first-order chi connectivity index (χ1) is 6.07. The van der Waals surface area contributed by atoms with Crippen molar-refractivity contribution >= 4 is 11.1 Å². The molecule has 2 heterocycles. The SMILES string of the molecule is CC(C)(C)c1cc2onnc2cn1. The third-order valence-electron chi connectivity index (χ3n) is 1.90. The number of hydrogen-bond donors (Lipinski definition) is 0. The van der Waals surface area contributed by atoms with Gasteiger partial charge < -0.3 is 4.52 Å². The van der Waals surface area contributed by atoms with Gasteiger partial charge in [-0.25, -0.2) is 0 Å². The zero-order valence-corrected chi connectivity index (χ0v) is 7.90. The molecule has 0 amide bonds. The van der Waals surface area contributed by atoms with Gasteiger partial charge in [0.15, 0.2) is 11.1 Å². The predicted octanol–water partition coefficient (Wildman–Crippen LogP) is 1.92. The zero-order chi connectivity index (χ0) is 9.47. The Morgan fingerprint density at radius 2 is 2.08 bits per heavy atom. The largest absolute Gasteiger partial charge is 0.337 e. The molecule has 4 nitrogen and oxygen atoms in total. The van der Waals surface area contributed by atoms with E-state index in [1.54, 1.807) is 6.20 Å². The quantitative estimate of drug-likeness (QED) is 0.616. The summed E-state index contributed by atoms with van der Waals surface area (Å²) in [7, 11) is 0. The fourth-order valence-electron chi connectivity index (χ4n) is 1.10. The molecule has 2 aromatic heterocycles. The predicted molar refractivity (Wildman–Crippen MR) is 48.3 cm³/mol. The van der Waals surface area contributed by atoms with Crippen molar-refractivity contribution in [1.29, 1.82) is 0 Å². The minimum Gasteiger partial charge on any atom is -0.337 e. The summed E-state index contributed by atoms with van der Waals surface area (Å²) in [5.74, 6) is 0. The molecule has 4 heteroatoms. The summed E-state index contributed by atoms with van der Waals surface area (Å²) >= 11 is 0. The van der Waals surface area contributed by atoms with E-state index >= 15 is 0 Å². The van der Waals surface area contributed by atoms with Gasteiger partial charge in [-0.15, -0.1) is 5.10 Å². The Bertz CT molecular complexity index is 428. The molecule has 0 aromatic carbocycles. The lowest BCUT2D eigenvalue weighted by Crippen LogP contribution is -2.12. The number of nitrogens with zero attached hydrogens (tertiary/aromatic N) is 3. The van der Waals surface area contributed by atoms with Gasteiger partial charge in [-0.1, -0.05) is 20.8 Å². The van der Waals surface area contributed by atoms with Crippen LogP contribution in [0.5, 0.6) is 0 Å². The highest BCUT2D eigenvalue weighted by molar-refractivity contribution is 5.70. The van der Waals surface area contributed by atoms with E-state index in [2.05, 4.69) is 36.1 Å². The van der Waals surface area contributed by atoms with Crippen molar-refractivity contribution in [2.75, 3.05) is 0 Å². The van der Waals surface area contributed by atoms with Gasteiger partial charge in [0.05, 0.1) is 6.20 Å². The molecule has 0 unspecified atom stereocenters. The number of rotatable bonds is 0. The Morgan fingerprint density at radius 1 is 1.31 bits per heavy atom. The van der Waals surface area contributed by atoms with Crippen molar-refractivity contribution < 1.29 is 4.52 Å². The van der Waals surface area contributed by atoms with Gasteiger partial charge in [0.2, 0.25) is 0 Å². The van der Waals surface area contributed by atoms with E-state index in [4.69, 9.17) is 4.52 Å². The minimum absolute atomic E-state index is 0.0287. The molecule has 0 saturated heterocycles. The van der Waals surface area contributed by atoms with Gasteiger partial charge >= 0.3 is 0 Å². The van der Waals surface area contributed by atoms with Crippen molar-refractivity contribution in [2.24, 2.45) is 0 Å². The van der Waals surface area contributed by atoms with Crippen LogP contribution in [0.1, 0.15) is 26.5 Å². The van der Waals surface area contributed by atoms with Gasteiger partial charge in [0.1, 0.15) is 0 Å². The first-order valence-electron chi connectivity index (χ1n) is 4.16. The van der Waals surface area contributed by atoms with E-state index in [1.165, 1.54) is 0 Å². The molecule has 0 fully saturated rings. The maximum absolute atomic E-state index is 4.95. The van der Waals surface area contributed by atoms with E-state index in [9.17, 15) is 0 Å². The summed E-state index contributed by atoms with van der Waals surface area (Å²) in [5.41, 5.74) is 2.41. The van der Waals surface area contributed by atoms with E-state index in [0.717, 1.165) is 5.69 Å². The van der Waals surface area contributed by atoms with Gasteiger partial charge in [0, 0.05) is 22.4 Å². The number of fused-ring (bicyclic) bond motifs is 1. The molecule has 0 spiro atoms. The molecule has 68 valence electrons. The lowest BCUT2D eigenvalue weighted by Gasteiger charge is -2.16. The first-order valence-corrected chi connectivity index (χ1v) is 4.16. The lowest BCUT2D eigenvalue weighted by molar-refractivity contribution is 0.423. The molecule has 0 aliphatic rings. The Morgan fingerprint density at radius 3 is 2.77 bits per heavy atom. The van der Waals surface area contributed by atoms with E-state index < -0.39 is 0 Å². The second-order valence-electron chi connectivity index (χ2n) is 4.06. The summed E-state index contributed by atoms with van der Waals surface area (Å²) < 4.78 is 4.95. The van der Waals surface area contributed by atoms with Crippen LogP contribution in [-0.2, 0) is 5.41 Å². The maximum atomic E-state index is 4.95. The molecule has 2 aromatic rings. The molecule has 0 radical (unpaired) electrons. The molecule has 0 aliphatic carbocycles. The summed E-state index contributed by atoms with van der Waals surface area (Å²) in [6, 6.07) is 1.88. The van der Waals surface area contributed by atoms with Gasteiger partial charge in [0.25, 0.3) is 0 Å². The normalized spacial score (nSPS) is 12.2. The standard InChI is InChI=1S/C9H11N3O/c1-9(2,3)8-4-7-6(5-10-8)11-12-13-7/h4-5H,1-3H3. The summed E-state index contributed by atoms with van der Waals surface area (Å²) in [6.45, 7) is 6.31. The summed E-state index contributed by atoms with van der Waals surface area (Å²) in [6.07, 6.45) is 1.69. The van der Waals surface area contributed by atoms with Crippen LogP contribution in [-0.4, -0.2) is 15.4 Å². The van der Waals surface area contributed by atoms with Crippen molar-refractivity contribution in [3.05, 3.63) is 18.0 Å². The maximum Gasteiger partial charge on any atom is 0.190 e. The van der Waals surface area contributed by atoms with Crippen LogP contribution in [0.25, 0.3) is 11.1 Å². The Kier molecular flexibility index (Phi) is 1.58. The number of pyridine rings is 1. The molecular weight excluding hydrogens is 166 g/mol. The van der Waals surface area contributed by atoms with Crippen LogP contribution in [0.15, 0.2) is 16.8 Å². The summed E-state index contributed by atoms with van der Waals surface area (Å²) in [4.78, 5) is 4.29. The molecule has 13 heavy (non-hydrogen) atoms. The average Bonchev–Trinajstić information content (AvgIpc) is 2.47. The van der Waals surface area contributed by atoms with Crippen molar-refractivity contribution in [3.8, 4) is 0 Å². The average molecular weight is 177 g/mol. The molecule has 0 atom stereocenters. The second kappa shape index (κ2) is 2.52. The third-order valence-corrected chi connectivity index (χ3v) is 1.90.